The first-order valence-corrected chi connectivity index (χ1v) is 5.94. The second-order valence-corrected chi connectivity index (χ2v) is 5.28. The second-order valence-electron chi connectivity index (χ2n) is 4.36. The summed E-state index contributed by atoms with van der Waals surface area (Å²) in [5.74, 6) is 0. The van der Waals surface area contributed by atoms with Crippen LogP contribution in [-0.2, 0) is 0 Å². The molecule has 4 heteroatoms. The van der Waals surface area contributed by atoms with E-state index in [2.05, 4.69) is 51.3 Å². The summed E-state index contributed by atoms with van der Waals surface area (Å²) in [6, 6.07) is 2.05. The van der Waals surface area contributed by atoms with E-state index in [-0.39, 0.29) is 0 Å². The van der Waals surface area contributed by atoms with Gasteiger partial charge in [-0.05, 0) is 48.9 Å². The molecule has 1 aromatic heterocycles. The van der Waals surface area contributed by atoms with E-state index in [1.54, 1.807) is 6.20 Å². The minimum absolute atomic E-state index is 0.377. The molecule has 0 radical (unpaired) electrons. The molecule has 15 heavy (non-hydrogen) atoms. The molecular weight excluding hydrogens is 254 g/mol. The SMILES string of the molecule is CN(C)C1(CNc2cncc(Br)c2)CC1. The number of rotatable bonds is 4. The molecule has 0 saturated heterocycles. The Labute approximate surface area is 99.0 Å². The van der Waals surface area contributed by atoms with Crippen molar-refractivity contribution in [1.82, 2.24) is 9.88 Å². The quantitative estimate of drug-likeness (QED) is 0.910. The first-order valence-electron chi connectivity index (χ1n) is 5.14. The fourth-order valence-corrected chi connectivity index (χ4v) is 2.07. The van der Waals surface area contributed by atoms with Gasteiger partial charge in [0.1, 0.15) is 0 Å². The van der Waals surface area contributed by atoms with Gasteiger partial charge in [-0.2, -0.15) is 0 Å². The first-order chi connectivity index (χ1) is 7.12. The molecule has 2 rings (SSSR count). The third-order valence-electron chi connectivity index (χ3n) is 3.10. The Hall–Kier alpha value is -0.610. The van der Waals surface area contributed by atoms with Gasteiger partial charge in [0, 0.05) is 22.8 Å². The molecule has 0 amide bonds. The Morgan fingerprint density at radius 3 is 2.73 bits per heavy atom. The van der Waals surface area contributed by atoms with Crippen LogP contribution in [0, 0.1) is 0 Å². The number of anilines is 1. The molecule has 1 N–H and O–H groups in total. The fourth-order valence-electron chi connectivity index (χ4n) is 1.70. The van der Waals surface area contributed by atoms with Crippen LogP contribution in [0.5, 0.6) is 0 Å². The Morgan fingerprint density at radius 1 is 1.47 bits per heavy atom. The van der Waals surface area contributed by atoms with Crippen molar-refractivity contribution in [1.29, 1.82) is 0 Å². The van der Waals surface area contributed by atoms with E-state index < -0.39 is 0 Å². The molecule has 1 aromatic rings. The Morgan fingerprint density at radius 2 is 2.20 bits per heavy atom. The summed E-state index contributed by atoms with van der Waals surface area (Å²) in [4.78, 5) is 6.44. The normalized spacial score (nSPS) is 17.9. The van der Waals surface area contributed by atoms with Gasteiger partial charge in [0.05, 0.1) is 11.9 Å². The predicted molar refractivity (Wildman–Crippen MR) is 66.1 cm³/mol. The minimum Gasteiger partial charge on any atom is -0.382 e. The summed E-state index contributed by atoms with van der Waals surface area (Å²) < 4.78 is 1.02. The lowest BCUT2D eigenvalue weighted by molar-refractivity contribution is 0.284. The van der Waals surface area contributed by atoms with Crippen molar-refractivity contribution < 1.29 is 0 Å². The van der Waals surface area contributed by atoms with E-state index in [1.165, 1.54) is 12.8 Å². The highest BCUT2D eigenvalue weighted by Gasteiger charge is 2.44. The Balaban J connectivity index is 1.94. The summed E-state index contributed by atoms with van der Waals surface area (Å²) in [6.07, 6.45) is 6.23. The van der Waals surface area contributed by atoms with Crippen molar-refractivity contribution in [2.75, 3.05) is 26.0 Å². The van der Waals surface area contributed by atoms with Crippen LogP contribution in [0.15, 0.2) is 22.9 Å². The topological polar surface area (TPSA) is 28.2 Å². The highest BCUT2D eigenvalue weighted by Crippen LogP contribution is 2.39. The van der Waals surface area contributed by atoms with Gasteiger partial charge in [0.15, 0.2) is 0 Å². The third-order valence-corrected chi connectivity index (χ3v) is 3.54. The maximum Gasteiger partial charge on any atom is 0.0538 e. The zero-order valence-corrected chi connectivity index (χ0v) is 10.7. The molecule has 82 valence electrons. The van der Waals surface area contributed by atoms with E-state index >= 15 is 0 Å². The summed E-state index contributed by atoms with van der Waals surface area (Å²) >= 11 is 3.41. The van der Waals surface area contributed by atoms with Crippen molar-refractivity contribution in [2.24, 2.45) is 0 Å². The zero-order chi connectivity index (χ0) is 10.9. The second kappa shape index (κ2) is 4.10. The molecule has 0 aromatic carbocycles. The van der Waals surface area contributed by atoms with Crippen LogP contribution >= 0.6 is 15.9 Å². The van der Waals surface area contributed by atoms with Gasteiger partial charge in [-0.25, -0.2) is 0 Å². The maximum atomic E-state index is 4.13. The molecular formula is C11H16BrN3. The van der Waals surface area contributed by atoms with Crippen LogP contribution in [0.25, 0.3) is 0 Å². The number of aromatic nitrogens is 1. The zero-order valence-electron chi connectivity index (χ0n) is 9.13. The van der Waals surface area contributed by atoms with Crippen LogP contribution in [0.3, 0.4) is 0 Å². The maximum absolute atomic E-state index is 4.13. The summed E-state index contributed by atoms with van der Waals surface area (Å²) in [5.41, 5.74) is 1.46. The van der Waals surface area contributed by atoms with E-state index in [0.717, 1.165) is 16.7 Å². The largest absolute Gasteiger partial charge is 0.382 e. The van der Waals surface area contributed by atoms with Gasteiger partial charge in [-0.1, -0.05) is 0 Å². The molecule has 1 saturated carbocycles. The molecule has 1 aliphatic carbocycles. The first kappa shape index (κ1) is 10.9. The molecule has 1 heterocycles. The lowest BCUT2D eigenvalue weighted by atomic mass is 10.2. The number of hydrogen-bond acceptors (Lipinski definition) is 3. The van der Waals surface area contributed by atoms with Crippen LogP contribution in [0.4, 0.5) is 5.69 Å². The molecule has 1 fully saturated rings. The van der Waals surface area contributed by atoms with Crippen molar-refractivity contribution in [3.05, 3.63) is 22.9 Å². The van der Waals surface area contributed by atoms with Gasteiger partial charge in [0.25, 0.3) is 0 Å². The number of nitrogens with zero attached hydrogens (tertiary/aromatic N) is 2. The van der Waals surface area contributed by atoms with E-state index in [0.29, 0.717) is 5.54 Å². The number of pyridine rings is 1. The lowest BCUT2D eigenvalue weighted by Gasteiger charge is -2.24. The molecule has 0 unspecified atom stereocenters. The average molecular weight is 270 g/mol. The number of nitrogens with one attached hydrogen (secondary N) is 1. The van der Waals surface area contributed by atoms with Crippen molar-refractivity contribution in [3.63, 3.8) is 0 Å². The molecule has 0 atom stereocenters. The number of likely N-dealkylation sites (N-methyl/N-ethyl adjacent to an activating group) is 1. The van der Waals surface area contributed by atoms with Crippen molar-refractivity contribution in [2.45, 2.75) is 18.4 Å². The van der Waals surface area contributed by atoms with Crippen LogP contribution in [0.1, 0.15) is 12.8 Å². The van der Waals surface area contributed by atoms with Crippen LogP contribution < -0.4 is 5.32 Å². The van der Waals surface area contributed by atoms with Gasteiger partial charge >= 0.3 is 0 Å². The van der Waals surface area contributed by atoms with Crippen LogP contribution in [0.2, 0.25) is 0 Å². The number of hydrogen-bond donors (Lipinski definition) is 1. The van der Waals surface area contributed by atoms with E-state index in [1.807, 2.05) is 6.20 Å². The molecule has 1 aliphatic rings. The molecule has 0 bridgehead atoms. The smallest absolute Gasteiger partial charge is 0.0538 e. The summed E-state index contributed by atoms with van der Waals surface area (Å²) in [5, 5.41) is 3.44. The molecule has 0 spiro atoms. The van der Waals surface area contributed by atoms with E-state index in [9.17, 15) is 0 Å². The Kier molecular flexibility index (Phi) is 2.98. The van der Waals surface area contributed by atoms with Crippen molar-refractivity contribution in [3.8, 4) is 0 Å². The predicted octanol–water partition coefficient (Wildman–Crippen LogP) is 2.35. The van der Waals surface area contributed by atoms with Gasteiger partial charge in [0.2, 0.25) is 0 Å². The average Bonchev–Trinajstić information content (AvgIpc) is 2.96. The number of halogens is 1. The molecule has 3 nitrogen and oxygen atoms in total. The van der Waals surface area contributed by atoms with Crippen LogP contribution in [-0.4, -0.2) is 36.1 Å². The molecule has 0 aliphatic heterocycles. The van der Waals surface area contributed by atoms with Gasteiger partial charge < -0.3 is 10.2 Å². The highest BCUT2D eigenvalue weighted by atomic mass is 79.9. The summed E-state index contributed by atoms with van der Waals surface area (Å²) in [7, 11) is 4.29. The van der Waals surface area contributed by atoms with E-state index in [4.69, 9.17) is 0 Å². The van der Waals surface area contributed by atoms with Crippen molar-refractivity contribution >= 4 is 21.6 Å². The fraction of sp³-hybridized carbons (Fsp3) is 0.545. The lowest BCUT2D eigenvalue weighted by Crippen LogP contribution is -2.36. The van der Waals surface area contributed by atoms with Gasteiger partial charge in [-0.3, -0.25) is 4.98 Å². The standard InChI is InChI=1S/C11H16BrN3/c1-15(2)11(3-4-11)8-14-10-5-9(12)6-13-7-10/h5-7,14H,3-4,8H2,1-2H3. The van der Waals surface area contributed by atoms with Gasteiger partial charge in [-0.15, -0.1) is 0 Å². The Bertz CT molecular complexity index is 347. The highest BCUT2D eigenvalue weighted by molar-refractivity contribution is 9.10. The minimum atomic E-state index is 0.377. The monoisotopic (exact) mass is 269 g/mol. The third kappa shape index (κ3) is 2.49. The summed E-state index contributed by atoms with van der Waals surface area (Å²) in [6.45, 7) is 0.998.